The molecule has 2 heterocycles. The molecule has 4 nitrogen and oxygen atoms in total. The van der Waals surface area contributed by atoms with Gasteiger partial charge in [0.1, 0.15) is 0 Å². The molecule has 0 amide bonds. The normalized spacial score (nSPS) is 25.5. The molecule has 1 unspecified atom stereocenters. The lowest BCUT2D eigenvalue weighted by Crippen LogP contribution is -2.17. The third-order valence-electron chi connectivity index (χ3n) is 2.63. The van der Waals surface area contributed by atoms with E-state index in [9.17, 15) is 0 Å². The van der Waals surface area contributed by atoms with Crippen LogP contribution in [0.2, 0.25) is 0 Å². The quantitative estimate of drug-likeness (QED) is 0.771. The summed E-state index contributed by atoms with van der Waals surface area (Å²) < 4.78 is 7.67. The van der Waals surface area contributed by atoms with E-state index in [0.29, 0.717) is 6.04 Å². The van der Waals surface area contributed by atoms with Crippen molar-refractivity contribution in [3.05, 3.63) is 18.2 Å². The van der Waals surface area contributed by atoms with Gasteiger partial charge < -0.3 is 14.4 Å². The smallest absolute Gasteiger partial charge is 0.0953 e. The first-order valence-corrected chi connectivity index (χ1v) is 4.88. The summed E-state index contributed by atoms with van der Waals surface area (Å²) in [5, 5.41) is 8.89. The largest absolute Gasteiger partial charge is 0.390 e. The number of aliphatic hydroxyl groups is 1. The molecule has 0 radical (unpaired) electrons. The second-order valence-corrected chi connectivity index (χ2v) is 4.40. The third-order valence-corrected chi connectivity index (χ3v) is 2.63. The Morgan fingerprint density at radius 3 is 3.00 bits per heavy atom. The van der Waals surface area contributed by atoms with Crippen molar-refractivity contribution in [2.75, 3.05) is 6.61 Å². The molecular formula is C10H16N2O2. The molecule has 0 aliphatic carbocycles. The van der Waals surface area contributed by atoms with E-state index in [1.807, 2.05) is 10.8 Å². The number of hydrogen-bond acceptors (Lipinski definition) is 3. The zero-order chi connectivity index (χ0) is 10.2. The lowest BCUT2D eigenvalue weighted by Gasteiger charge is -2.15. The third kappa shape index (κ3) is 1.81. The minimum Gasteiger partial charge on any atom is -0.390 e. The second-order valence-electron chi connectivity index (χ2n) is 4.40. The second kappa shape index (κ2) is 3.37. The number of imidazole rings is 1. The molecule has 0 saturated carbocycles. The first-order valence-electron chi connectivity index (χ1n) is 4.88. The molecule has 78 valence electrons. The summed E-state index contributed by atoms with van der Waals surface area (Å²) in [4.78, 5) is 4.08. The standard InChI is InChI=1S/C10H16N2O2/c1-10(2)3-9(6-14-10)12-4-8(5-13)11-7-12/h4,7,9,13H,3,5-6H2,1-2H3. The number of ether oxygens (including phenoxy) is 1. The molecule has 1 aromatic rings. The zero-order valence-corrected chi connectivity index (χ0v) is 8.60. The van der Waals surface area contributed by atoms with Crippen molar-refractivity contribution in [3.8, 4) is 0 Å². The molecule has 14 heavy (non-hydrogen) atoms. The molecule has 1 aliphatic heterocycles. The average molecular weight is 196 g/mol. The summed E-state index contributed by atoms with van der Waals surface area (Å²) >= 11 is 0. The first-order chi connectivity index (χ1) is 6.61. The van der Waals surface area contributed by atoms with Crippen molar-refractivity contribution in [2.24, 2.45) is 0 Å². The summed E-state index contributed by atoms with van der Waals surface area (Å²) in [5.41, 5.74) is 0.684. The molecule has 2 rings (SSSR count). The maximum Gasteiger partial charge on any atom is 0.0953 e. The Labute approximate surface area is 83.5 Å². The highest BCUT2D eigenvalue weighted by Gasteiger charge is 2.32. The molecule has 0 spiro atoms. The fourth-order valence-corrected chi connectivity index (χ4v) is 1.86. The predicted molar refractivity (Wildman–Crippen MR) is 51.8 cm³/mol. The maximum absolute atomic E-state index is 8.89. The van der Waals surface area contributed by atoms with Crippen LogP contribution in [0.5, 0.6) is 0 Å². The average Bonchev–Trinajstić information content (AvgIpc) is 2.70. The van der Waals surface area contributed by atoms with Crippen LogP contribution in [0.3, 0.4) is 0 Å². The van der Waals surface area contributed by atoms with Crippen LogP contribution in [-0.2, 0) is 11.3 Å². The van der Waals surface area contributed by atoms with Gasteiger partial charge in [-0.1, -0.05) is 0 Å². The molecule has 1 atom stereocenters. The van der Waals surface area contributed by atoms with Gasteiger partial charge in [0.15, 0.2) is 0 Å². The van der Waals surface area contributed by atoms with E-state index in [1.54, 1.807) is 6.33 Å². The summed E-state index contributed by atoms with van der Waals surface area (Å²) in [7, 11) is 0. The van der Waals surface area contributed by atoms with Crippen molar-refractivity contribution in [3.63, 3.8) is 0 Å². The van der Waals surface area contributed by atoms with Crippen LogP contribution in [0.25, 0.3) is 0 Å². The Bertz CT molecular complexity index is 320. The van der Waals surface area contributed by atoms with Crippen molar-refractivity contribution < 1.29 is 9.84 Å². The highest BCUT2D eigenvalue weighted by molar-refractivity contribution is 4.98. The minimum absolute atomic E-state index is 0.00394. The van der Waals surface area contributed by atoms with Crippen LogP contribution >= 0.6 is 0 Å². The van der Waals surface area contributed by atoms with E-state index >= 15 is 0 Å². The van der Waals surface area contributed by atoms with E-state index in [-0.39, 0.29) is 12.2 Å². The zero-order valence-electron chi connectivity index (χ0n) is 8.60. The van der Waals surface area contributed by atoms with Gasteiger partial charge >= 0.3 is 0 Å². The Hall–Kier alpha value is -0.870. The molecule has 1 saturated heterocycles. The number of aromatic nitrogens is 2. The summed E-state index contributed by atoms with van der Waals surface area (Å²) in [6.07, 6.45) is 4.64. The van der Waals surface area contributed by atoms with Crippen LogP contribution in [0.4, 0.5) is 0 Å². The predicted octanol–water partition coefficient (Wildman–Crippen LogP) is 1.12. The maximum atomic E-state index is 8.89. The van der Waals surface area contributed by atoms with Gasteiger partial charge in [-0.2, -0.15) is 0 Å². The molecule has 1 aliphatic rings. The van der Waals surface area contributed by atoms with Gasteiger partial charge in [-0.05, 0) is 20.3 Å². The summed E-state index contributed by atoms with van der Waals surface area (Å²) in [6, 6.07) is 0.359. The number of hydrogen-bond donors (Lipinski definition) is 1. The fourth-order valence-electron chi connectivity index (χ4n) is 1.86. The number of nitrogens with zero attached hydrogens (tertiary/aromatic N) is 2. The summed E-state index contributed by atoms with van der Waals surface area (Å²) in [5.74, 6) is 0. The monoisotopic (exact) mass is 196 g/mol. The molecule has 1 aromatic heterocycles. The molecule has 0 bridgehead atoms. The molecular weight excluding hydrogens is 180 g/mol. The van der Waals surface area contributed by atoms with Crippen LogP contribution in [0.15, 0.2) is 12.5 Å². The van der Waals surface area contributed by atoms with Crippen LogP contribution in [0, 0.1) is 0 Å². The van der Waals surface area contributed by atoms with E-state index in [1.165, 1.54) is 0 Å². The molecule has 1 N–H and O–H groups in total. The van der Waals surface area contributed by atoms with Gasteiger partial charge in [-0.25, -0.2) is 4.98 Å². The molecule has 1 fully saturated rings. The van der Waals surface area contributed by atoms with Gasteiger partial charge in [0, 0.05) is 6.20 Å². The topological polar surface area (TPSA) is 47.3 Å². The highest BCUT2D eigenvalue weighted by atomic mass is 16.5. The summed E-state index contributed by atoms with van der Waals surface area (Å²) in [6.45, 7) is 4.92. The Morgan fingerprint density at radius 2 is 2.50 bits per heavy atom. The van der Waals surface area contributed by atoms with E-state index in [4.69, 9.17) is 9.84 Å². The Balaban J connectivity index is 2.09. The van der Waals surface area contributed by atoms with Crippen molar-refractivity contribution in [2.45, 2.75) is 38.5 Å². The van der Waals surface area contributed by atoms with Crippen LogP contribution in [0.1, 0.15) is 32.0 Å². The lowest BCUT2D eigenvalue weighted by atomic mass is 10.0. The van der Waals surface area contributed by atoms with Gasteiger partial charge in [0.2, 0.25) is 0 Å². The van der Waals surface area contributed by atoms with Crippen molar-refractivity contribution >= 4 is 0 Å². The Morgan fingerprint density at radius 1 is 1.71 bits per heavy atom. The van der Waals surface area contributed by atoms with E-state index in [0.717, 1.165) is 18.7 Å². The van der Waals surface area contributed by atoms with Crippen molar-refractivity contribution in [1.82, 2.24) is 9.55 Å². The minimum atomic E-state index is -0.0334. The van der Waals surface area contributed by atoms with Crippen LogP contribution < -0.4 is 0 Å². The molecule has 4 heteroatoms. The van der Waals surface area contributed by atoms with Gasteiger partial charge in [-0.15, -0.1) is 0 Å². The van der Waals surface area contributed by atoms with Gasteiger partial charge in [-0.3, -0.25) is 0 Å². The Kier molecular flexibility index (Phi) is 2.33. The van der Waals surface area contributed by atoms with Crippen LogP contribution in [-0.4, -0.2) is 26.9 Å². The van der Waals surface area contributed by atoms with E-state index < -0.39 is 0 Å². The number of aliphatic hydroxyl groups excluding tert-OH is 1. The molecule has 0 aromatic carbocycles. The van der Waals surface area contributed by atoms with E-state index in [2.05, 4.69) is 18.8 Å². The highest BCUT2D eigenvalue weighted by Crippen LogP contribution is 2.32. The van der Waals surface area contributed by atoms with Crippen molar-refractivity contribution in [1.29, 1.82) is 0 Å². The first kappa shape index (κ1) is 9.68. The fraction of sp³-hybridized carbons (Fsp3) is 0.700. The van der Waals surface area contributed by atoms with Gasteiger partial charge in [0.05, 0.1) is 36.9 Å². The lowest BCUT2D eigenvalue weighted by molar-refractivity contribution is 0.0352. The SMILES string of the molecule is CC1(C)CC(n2cnc(CO)c2)CO1. The number of rotatable bonds is 2. The van der Waals surface area contributed by atoms with Gasteiger partial charge in [0.25, 0.3) is 0 Å².